The summed E-state index contributed by atoms with van der Waals surface area (Å²) in [6.07, 6.45) is 0. The van der Waals surface area contributed by atoms with Crippen LogP contribution >= 0.6 is 11.3 Å². The van der Waals surface area contributed by atoms with Crippen molar-refractivity contribution in [3.05, 3.63) is 69.2 Å². The van der Waals surface area contributed by atoms with Crippen LogP contribution in [0.4, 0.5) is 5.13 Å². The topological polar surface area (TPSA) is 124 Å². The zero-order valence-electron chi connectivity index (χ0n) is 22.4. The Kier molecular flexibility index (Phi) is 7.91. The number of aryl methyl sites for hydroxylation is 2. The fourth-order valence-electron chi connectivity index (χ4n) is 4.42. The number of ketones is 1. The van der Waals surface area contributed by atoms with Gasteiger partial charge in [0.2, 0.25) is 0 Å². The number of esters is 1. The van der Waals surface area contributed by atoms with Crippen molar-refractivity contribution < 1.29 is 38.4 Å². The van der Waals surface area contributed by atoms with Crippen LogP contribution in [0.5, 0.6) is 17.2 Å². The molecule has 0 bridgehead atoms. The molecule has 10 nitrogen and oxygen atoms in total. The number of carbonyl (C=O) groups is 3. The number of aliphatic hydroxyl groups excluding tert-OH is 1. The Hall–Kier alpha value is -4.38. The van der Waals surface area contributed by atoms with Crippen LogP contribution in [0.1, 0.15) is 45.0 Å². The van der Waals surface area contributed by atoms with E-state index in [-0.39, 0.29) is 27.9 Å². The molecule has 2 heterocycles. The summed E-state index contributed by atoms with van der Waals surface area (Å²) in [5.74, 6) is -1.32. The number of rotatable bonds is 8. The molecule has 0 aliphatic carbocycles. The average molecular weight is 553 g/mol. The predicted molar refractivity (Wildman–Crippen MR) is 145 cm³/mol. The summed E-state index contributed by atoms with van der Waals surface area (Å²) in [4.78, 5) is 45.3. The van der Waals surface area contributed by atoms with E-state index in [1.54, 1.807) is 57.2 Å². The van der Waals surface area contributed by atoms with Crippen molar-refractivity contribution in [2.24, 2.45) is 0 Å². The number of hydrogen-bond donors (Lipinski definition) is 1. The molecule has 1 atom stereocenters. The second-order valence-corrected chi connectivity index (χ2v) is 9.58. The van der Waals surface area contributed by atoms with E-state index in [1.165, 1.54) is 26.2 Å². The fraction of sp³-hybridized carbons (Fsp3) is 0.286. The molecule has 1 aromatic heterocycles. The van der Waals surface area contributed by atoms with E-state index in [0.717, 1.165) is 16.9 Å². The summed E-state index contributed by atoms with van der Waals surface area (Å²) in [5.41, 5.74) is 1.74. The zero-order chi connectivity index (χ0) is 28.4. The smallest absolute Gasteiger partial charge is 0.350 e. The number of nitrogens with zero attached hydrogens (tertiary/aromatic N) is 2. The second-order valence-electron chi connectivity index (χ2n) is 8.60. The van der Waals surface area contributed by atoms with Gasteiger partial charge in [0.05, 0.1) is 45.2 Å². The maximum atomic E-state index is 13.5. The van der Waals surface area contributed by atoms with Gasteiger partial charge in [-0.05, 0) is 62.2 Å². The van der Waals surface area contributed by atoms with Crippen LogP contribution in [-0.2, 0) is 14.3 Å². The first-order valence-corrected chi connectivity index (χ1v) is 12.8. The molecule has 1 aliphatic heterocycles. The van der Waals surface area contributed by atoms with E-state index in [4.69, 9.17) is 18.9 Å². The number of carbonyl (C=O) groups excluding carboxylic acids is 3. The molecule has 1 saturated heterocycles. The number of benzene rings is 2. The van der Waals surface area contributed by atoms with Crippen molar-refractivity contribution >= 4 is 39.9 Å². The molecular weight excluding hydrogens is 524 g/mol. The first kappa shape index (κ1) is 27.6. The van der Waals surface area contributed by atoms with E-state index in [2.05, 4.69) is 4.98 Å². The van der Waals surface area contributed by atoms with Crippen LogP contribution < -0.4 is 19.1 Å². The molecule has 1 N–H and O–H groups in total. The van der Waals surface area contributed by atoms with Gasteiger partial charge in [0.1, 0.15) is 16.4 Å². The van der Waals surface area contributed by atoms with Gasteiger partial charge in [0.25, 0.3) is 5.78 Å². The SMILES string of the molecule is CCOC(=O)c1sc(N2C(=O)C(=O)C(=C(O)c3ccc(OC)c(C)c3)[C@H]2c2ccc(OC)c(OC)c2)nc1C. The summed E-state index contributed by atoms with van der Waals surface area (Å²) >= 11 is 0.934. The fourth-order valence-corrected chi connectivity index (χ4v) is 5.41. The van der Waals surface area contributed by atoms with Crippen molar-refractivity contribution in [1.29, 1.82) is 0 Å². The van der Waals surface area contributed by atoms with Gasteiger partial charge < -0.3 is 24.1 Å². The Morgan fingerprint density at radius 2 is 1.67 bits per heavy atom. The standard InChI is InChI=1S/C28H28N2O8S/c1-7-38-27(34)25-15(3)29-28(39-25)30-22(16-8-11-19(36-5)20(13-16)37-6)21(24(32)26(30)33)23(31)17-9-10-18(35-4)14(2)12-17/h8-13,22,31H,7H2,1-6H3/t22-/m1/s1. The number of methoxy groups -OCH3 is 3. The summed E-state index contributed by atoms with van der Waals surface area (Å²) in [5, 5.41) is 11.5. The lowest BCUT2D eigenvalue weighted by atomic mass is 9.94. The lowest BCUT2D eigenvalue weighted by Crippen LogP contribution is -2.29. The average Bonchev–Trinajstić information content (AvgIpc) is 3.44. The van der Waals surface area contributed by atoms with Gasteiger partial charge in [0, 0.05) is 5.56 Å². The van der Waals surface area contributed by atoms with Crippen molar-refractivity contribution in [3.63, 3.8) is 0 Å². The van der Waals surface area contributed by atoms with Gasteiger partial charge in [-0.25, -0.2) is 9.78 Å². The van der Waals surface area contributed by atoms with Gasteiger partial charge >= 0.3 is 11.9 Å². The summed E-state index contributed by atoms with van der Waals surface area (Å²) in [6.45, 7) is 5.28. The molecule has 0 spiro atoms. The molecule has 1 fully saturated rings. The number of hydrogen-bond acceptors (Lipinski definition) is 10. The Morgan fingerprint density at radius 3 is 2.28 bits per heavy atom. The summed E-state index contributed by atoms with van der Waals surface area (Å²) in [6, 6.07) is 8.80. The van der Waals surface area contributed by atoms with Crippen molar-refractivity contribution in [1.82, 2.24) is 4.98 Å². The van der Waals surface area contributed by atoms with Crippen molar-refractivity contribution in [2.75, 3.05) is 32.8 Å². The molecule has 1 aliphatic rings. The van der Waals surface area contributed by atoms with Gasteiger partial charge in [-0.15, -0.1) is 0 Å². The minimum atomic E-state index is -1.08. The second kappa shape index (κ2) is 11.2. The molecule has 11 heteroatoms. The Morgan fingerprint density at radius 1 is 1.00 bits per heavy atom. The zero-order valence-corrected chi connectivity index (χ0v) is 23.2. The van der Waals surface area contributed by atoms with Crippen LogP contribution in [0, 0.1) is 13.8 Å². The van der Waals surface area contributed by atoms with Crippen molar-refractivity contribution in [3.8, 4) is 17.2 Å². The maximum Gasteiger partial charge on any atom is 0.350 e. The Balaban J connectivity index is 1.95. The van der Waals surface area contributed by atoms with Crippen LogP contribution in [0.15, 0.2) is 42.0 Å². The highest BCUT2D eigenvalue weighted by molar-refractivity contribution is 7.17. The van der Waals surface area contributed by atoms with Crippen LogP contribution in [0.25, 0.3) is 5.76 Å². The highest BCUT2D eigenvalue weighted by Gasteiger charge is 2.48. The number of anilines is 1. The summed E-state index contributed by atoms with van der Waals surface area (Å²) in [7, 11) is 4.49. The first-order valence-electron chi connectivity index (χ1n) is 12.0. The molecule has 1 amide bonds. The molecular formula is C28H28N2O8S. The lowest BCUT2D eigenvalue weighted by molar-refractivity contribution is -0.132. The molecule has 3 aromatic rings. The molecule has 0 saturated carbocycles. The van der Waals surface area contributed by atoms with E-state index in [0.29, 0.717) is 34.1 Å². The quantitative estimate of drug-likeness (QED) is 0.185. The number of amides is 1. The van der Waals surface area contributed by atoms with Crippen LogP contribution in [0.3, 0.4) is 0 Å². The Labute approximate surface area is 229 Å². The molecule has 4 rings (SSSR count). The van der Waals surface area contributed by atoms with E-state index in [1.807, 2.05) is 0 Å². The lowest BCUT2D eigenvalue weighted by Gasteiger charge is -2.24. The monoisotopic (exact) mass is 552 g/mol. The normalized spacial score (nSPS) is 16.4. The number of aliphatic hydroxyl groups is 1. The number of aromatic nitrogens is 1. The number of Topliss-reactive ketones (excluding diaryl/α,β-unsaturated/α-hetero) is 1. The van der Waals surface area contributed by atoms with Gasteiger partial charge in [-0.3, -0.25) is 14.5 Å². The molecule has 2 aromatic carbocycles. The minimum absolute atomic E-state index is 0.113. The summed E-state index contributed by atoms with van der Waals surface area (Å²) < 4.78 is 21.2. The first-order chi connectivity index (χ1) is 18.7. The third kappa shape index (κ3) is 4.92. The highest BCUT2D eigenvalue weighted by atomic mass is 32.1. The minimum Gasteiger partial charge on any atom is -0.507 e. The molecule has 204 valence electrons. The number of ether oxygens (including phenoxy) is 4. The largest absolute Gasteiger partial charge is 0.507 e. The third-order valence-corrected chi connectivity index (χ3v) is 7.43. The Bertz CT molecular complexity index is 1490. The van der Waals surface area contributed by atoms with E-state index in [9.17, 15) is 19.5 Å². The van der Waals surface area contributed by atoms with Gasteiger partial charge in [0.15, 0.2) is 16.6 Å². The van der Waals surface area contributed by atoms with Gasteiger partial charge in [-0.2, -0.15) is 0 Å². The number of thiazole rings is 1. The molecule has 39 heavy (non-hydrogen) atoms. The third-order valence-electron chi connectivity index (χ3n) is 6.29. The molecule has 0 unspecified atom stereocenters. The van der Waals surface area contributed by atoms with Crippen molar-refractivity contribution in [2.45, 2.75) is 26.8 Å². The van der Waals surface area contributed by atoms with E-state index >= 15 is 0 Å². The van der Waals surface area contributed by atoms with Gasteiger partial charge in [-0.1, -0.05) is 17.4 Å². The van der Waals surface area contributed by atoms with Crippen LogP contribution in [-0.4, -0.2) is 55.7 Å². The van der Waals surface area contributed by atoms with Crippen LogP contribution in [0.2, 0.25) is 0 Å². The molecule has 0 radical (unpaired) electrons. The highest BCUT2D eigenvalue weighted by Crippen LogP contribution is 2.45. The predicted octanol–water partition coefficient (Wildman–Crippen LogP) is 4.59. The van der Waals surface area contributed by atoms with E-state index < -0.39 is 23.7 Å². The maximum absolute atomic E-state index is 13.5.